The lowest BCUT2D eigenvalue weighted by atomic mass is 9.67. The first kappa shape index (κ1) is 15.3. The van der Waals surface area contributed by atoms with Gasteiger partial charge in [-0.2, -0.15) is 5.26 Å². The first-order chi connectivity index (χ1) is 9.60. The summed E-state index contributed by atoms with van der Waals surface area (Å²) in [5, 5.41) is 10.0. The fraction of sp³-hybridized carbons (Fsp3) is 0.588. The van der Waals surface area contributed by atoms with Crippen molar-refractivity contribution in [3.63, 3.8) is 0 Å². The first-order valence-corrected chi connectivity index (χ1v) is 7.82. The highest BCUT2D eigenvalue weighted by atomic mass is 35.5. The largest absolute Gasteiger partial charge is 0.207 e. The molecule has 20 heavy (non-hydrogen) atoms. The number of halogens is 2. The molecule has 1 fully saturated rings. The van der Waals surface area contributed by atoms with Crippen LogP contribution in [0.2, 0.25) is 5.02 Å². The summed E-state index contributed by atoms with van der Waals surface area (Å²) in [7, 11) is 0. The summed E-state index contributed by atoms with van der Waals surface area (Å²) >= 11 is 6.10. The number of hydrogen-bond acceptors (Lipinski definition) is 1. The van der Waals surface area contributed by atoms with Gasteiger partial charge in [0.25, 0.3) is 0 Å². The topological polar surface area (TPSA) is 23.8 Å². The van der Waals surface area contributed by atoms with E-state index < -0.39 is 5.41 Å². The van der Waals surface area contributed by atoms with Crippen LogP contribution in [0.4, 0.5) is 4.39 Å². The molecule has 0 aliphatic heterocycles. The highest BCUT2D eigenvalue weighted by molar-refractivity contribution is 6.31. The van der Waals surface area contributed by atoms with Gasteiger partial charge in [-0.15, -0.1) is 0 Å². The lowest BCUT2D eigenvalue weighted by Crippen LogP contribution is -2.28. The molecular formula is C17H21ClFN. The molecule has 0 atom stereocenters. The van der Waals surface area contributed by atoms with E-state index in [0.29, 0.717) is 17.0 Å². The van der Waals surface area contributed by atoms with Gasteiger partial charge in [0.2, 0.25) is 0 Å². The second-order valence-electron chi connectivity index (χ2n) is 6.00. The predicted molar refractivity (Wildman–Crippen MR) is 80.0 cm³/mol. The number of nitriles is 1. The van der Waals surface area contributed by atoms with Crippen molar-refractivity contribution in [2.24, 2.45) is 11.3 Å². The van der Waals surface area contributed by atoms with Crippen LogP contribution in [0.25, 0.3) is 0 Å². The molecule has 0 unspecified atom stereocenters. The van der Waals surface area contributed by atoms with Gasteiger partial charge in [-0.1, -0.05) is 37.4 Å². The van der Waals surface area contributed by atoms with Gasteiger partial charge >= 0.3 is 0 Å². The van der Waals surface area contributed by atoms with E-state index in [1.807, 2.05) is 0 Å². The van der Waals surface area contributed by atoms with Crippen molar-refractivity contribution in [3.8, 4) is 6.07 Å². The van der Waals surface area contributed by atoms with Crippen molar-refractivity contribution in [1.29, 1.82) is 5.26 Å². The Morgan fingerprint density at radius 2 is 2.10 bits per heavy atom. The number of benzene rings is 1. The average Bonchev–Trinajstić information content (AvgIpc) is 2.45. The molecule has 0 aromatic heterocycles. The van der Waals surface area contributed by atoms with Crippen LogP contribution >= 0.6 is 11.6 Å². The fourth-order valence-corrected chi connectivity index (χ4v) is 3.52. The summed E-state index contributed by atoms with van der Waals surface area (Å²) in [6, 6.07) is 7.19. The van der Waals surface area contributed by atoms with Gasteiger partial charge in [-0.3, -0.25) is 0 Å². The quantitative estimate of drug-likeness (QED) is 0.717. The maximum Gasteiger partial charge on any atom is 0.127 e. The molecule has 1 aromatic rings. The zero-order chi connectivity index (χ0) is 14.6. The van der Waals surface area contributed by atoms with E-state index in [1.54, 1.807) is 12.1 Å². The molecule has 0 N–H and O–H groups in total. The Balaban J connectivity index is 2.12. The maximum absolute atomic E-state index is 13.9. The van der Waals surface area contributed by atoms with Crippen molar-refractivity contribution in [3.05, 3.63) is 34.6 Å². The SMILES string of the molecule is CCCC1CCC(C#N)(Cc2c(F)cccc2Cl)CC1. The number of hydrogen-bond donors (Lipinski definition) is 0. The van der Waals surface area contributed by atoms with Crippen molar-refractivity contribution >= 4 is 11.6 Å². The van der Waals surface area contributed by atoms with Crippen LogP contribution in [0.3, 0.4) is 0 Å². The highest BCUT2D eigenvalue weighted by Crippen LogP contribution is 2.43. The Labute approximate surface area is 125 Å². The molecule has 0 saturated heterocycles. The Morgan fingerprint density at radius 3 is 2.65 bits per heavy atom. The van der Waals surface area contributed by atoms with Crippen LogP contribution in [0, 0.1) is 28.5 Å². The van der Waals surface area contributed by atoms with Crippen LogP contribution in [-0.2, 0) is 6.42 Å². The van der Waals surface area contributed by atoms with Crippen LogP contribution < -0.4 is 0 Å². The Kier molecular flexibility index (Phi) is 5.05. The molecule has 3 heteroatoms. The van der Waals surface area contributed by atoms with E-state index >= 15 is 0 Å². The molecule has 1 aliphatic carbocycles. The van der Waals surface area contributed by atoms with Gasteiger partial charge < -0.3 is 0 Å². The van der Waals surface area contributed by atoms with E-state index in [0.717, 1.165) is 31.6 Å². The van der Waals surface area contributed by atoms with Gasteiger partial charge in [-0.05, 0) is 50.2 Å². The summed E-state index contributed by atoms with van der Waals surface area (Å²) in [6.45, 7) is 2.20. The first-order valence-electron chi connectivity index (χ1n) is 7.44. The van der Waals surface area contributed by atoms with Crippen molar-refractivity contribution in [1.82, 2.24) is 0 Å². The number of rotatable bonds is 4. The van der Waals surface area contributed by atoms with Crippen molar-refractivity contribution in [2.75, 3.05) is 0 Å². The predicted octanol–water partition coefficient (Wildman–Crippen LogP) is 5.52. The minimum atomic E-state index is -0.434. The van der Waals surface area contributed by atoms with Crippen LogP contribution in [0.15, 0.2) is 18.2 Å². The Hall–Kier alpha value is -1.07. The molecule has 0 spiro atoms. The third-order valence-electron chi connectivity index (χ3n) is 4.57. The summed E-state index contributed by atoms with van der Waals surface area (Å²) in [5.74, 6) is 0.445. The molecule has 108 valence electrons. The lowest BCUT2D eigenvalue weighted by Gasteiger charge is -2.35. The van der Waals surface area contributed by atoms with Gasteiger partial charge in [0.15, 0.2) is 0 Å². The average molecular weight is 294 g/mol. The summed E-state index contributed by atoms with van der Waals surface area (Å²) < 4.78 is 13.9. The summed E-state index contributed by atoms with van der Waals surface area (Å²) in [4.78, 5) is 0. The molecular weight excluding hydrogens is 273 g/mol. The van der Waals surface area contributed by atoms with Gasteiger partial charge in [0.05, 0.1) is 11.5 Å². The van der Waals surface area contributed by atoms with Gasteiger partial charge in [0.1, 0.15) is 5.82 Å². The minimum absolute atomic E-state index is 0.289. The zero-order valence-corrected chi connectivity index (χ0v) is 12.7. The van der Waals surface area contributed by atoms with Crippen LogP contribution in [0.1, 0.15) is 51.0 Å². The normalized spacial score (nSPS) is 26.2. The van der Waals surface area contributed by atoms with Crippen molar-refractivity contribution < 1.29 is 4.39 Å². The third kappa shape index (κ3) is 3.33. The molecule has 0 heterocycles. The summed E-state index contributed by atoms with van der Waals surface area (Å²) in [6.07, 6.45) is 6.75. The standard InChI is InChI=1S/C17H21ClFN/c1-2-4-13-7-9-17(12-20,10-8-13)11-14-15(18)5-3-6-16(14)19/h3,5-6,13H,2,4,7-11H2,1H3. The van der Waals surface area contributed by atoms with Crippen molar-refractivity contribution in [2.45, 2.75) is 51.9 Å². The third-order valence-corrected chi connectivity index (χ3v) is 4.93. The smallest absolute Gasteiger partial charge is 0.127 e. The highest BCUT2D eigenvalue weighted by Gasteiger charge is 2.36. The summed E-state index contributed by atoms with van der Waals surface area (Å²) in [5.41, 5.74) is 0.0699. The van der Waals surface area contributed by atoms with E-state index in [2.05, 4.69) is 13.0 Å². The second-order valence-corrected chi connectivity index (χ2v) is 6.41. The lowest BCUT2D eigenvalue weighted by molar-refractivity contribution is 0.199. The Bertz CT molecular complexity index is 478. The van der Waals surface area contributed by atoms with Gasteiger partial charge in [-0.25, -0.2) is 4.39 Å². The molecule has 1 nitrogen and oxygen atoms in total. The van der Waals surface area contributed by atoms with Gasteiger partial charge in [0, 0.05) is 10.6 Å². The monoisotopic (exact) mass is 293 g/mol. The molecule has 1 aromatic carbocycles. The maximum atomic E-state index is 13.9. The second kappa shape index (κ2) is 6.59. The molecule has 2 rings (SSSR count). The molecule has 1 saturated carbocycles. The molecule has 0 amide bonds. The zero-order valence-electron chi connectivity index (χ0n) is 12.0. The molecule has 0 bridgehead atoms. The van der Waals surface area contributed by atoms with E-state index in [9.17, 15) is 9.65 Å². The molecule has 1 aliphatic rings. The number of nitrogens with zero attached hydrogens (tertiary/aromatic N) is 1. The van der Waals surface area contributed by atoms with E-state index in [4.69, 9.17) is 11.6 Å². The van der Waals surface area contributed by atoms with E-state index in [1.165, 1.54) is 18.9 Å². The van der Waals surface area contributed by atoms with E-state index in [-0.39, 0.29) is 5.82 Å². The Morgan fingerprint density at radius 1 is 1.40 bits per heavy atom. The minimum Gasteiger partial charge on any atom is -0.207 e. The molecule has 0 radical (unpaired) electrons. The van der Waals surface area contributed by atoms with Crippen LogP contribution in [0.5, 0.6) is 0 Å². The van der Waals surface area contributed by atoms with Crippen LogP contribution in [-0.4, -0.2) is 0 Å². The fourth-order valence-electron chi connectivity index (χ4n) is 3.29.